The molecular formula is C20H19N5O3. The van der Waals surface area contributed by atoms with Crippen LogP contribution in [0.15, 0.2) is 47.5 Å². The van der Waals surface area contributed by atoms with Crippen molar-refractivity contribution in [2.24, 2.45) is 0 Å². The van der Waals surface area contributed by atoms with Gasteiger partial charge in [0.2, 0.25) is 5.91 Å². The third-order valence-corrected chi connectivity index (χ3v) is 5.14. The number of amides is 2. The minimum atomic E-state index is -0.618. The Balaban J connectivity index is 1.64. The number of fused-ring (bicyclic) bond motifs is 1. The highest BCUT2D eigenvalue weighted by Gasteiger charge is 2.38. The number of aromatic amines is 1. The first kappa shape index (κ1) is 17.7. The molecule has 3 aromatic rings. The normalized spacial score (nSPS) is 14.5. The zero-order valence-corrected chi connectivity index (χ0v) is 15.7. The minimum Gasteiger partial charge on any atom is -0.325 e. The van der Waals surface area contributed by atoms with Crippen LogP contribution >= 0.6 is 0 Å². The molecule has 142 valence electrons. The molecule has 0 bridgehead atoms. The van der Waals surface area contributed by atoms with Gasteiger partial charge in [-0.3, -0.25) is 9.59 Å². The van der Waals surface area contributed by atoms with Gasteiger partial charge in [-0.1, -0.05) is 12.1 Å². The van der Waals surface area contributed by atoms with Gasteiger partial charge in [0.15, 0.2) is 0 Å². The number of carbonyl (C=O) groups is 2. The van der Waals surface area contributed by atoms with Gasteiger partial charge in [0.1, 0.15) is 6.33 Å². The van der Waals surface area contributed by atoms with Crippen LogP contribution in [-0.4, -0.2) is 26.6 Å². The predicted molar refractivity (Wildman–Crippen MR) is 105 cm³/mol. The summed E-state index contributed by atoms with van der Waals surface area (Å²) in [6.45, 7) is 5.51. The highest BCUT2D eigenvalue weighted by molar-refractivity contribution is 6.09. The largest absolute Gasteiger partial charge is 0.347 e. The van der Waals surface area contributed by atoms with Gasteiger partial charge in [-0.05, 0) is 56.2 Å². The van der Waals surface area contributed by atoms with Crippen LogP contribution in [0.2, 0.25) is 0 Å². The van der Waals surface area contributed by atoms with Gasteiger partial charge in [-0.25, -0.2) is 14.5 Å². The molecule has 0 saturated carbocycles. The third-order valence-electron chi connectivity index (χ3n) is 5.14. The molecule has 8 nitrogen and oxygen atoms in total. The van der Waals surface area contributed by atoms with E-state index in [9.17, 15) is 14.4 Å². The van der Waals surface area contributed by atoms with Crippen LogP contribution in [0.25, 0.3) is 5.69 Å². The van der Waals surface area contributed by atoms with Crippen molar-refractivity contribution in [1.29, 1.82) is 0 Å². The lowest BCUT2D eigenvalue weighted by atomic mass is 9.86. The average molecular weight is 377 g/mol. The number of H-pyrrole nitrogens is 1. The minimum absolute atomic E-state index is 0.0887. The Morgan fingerprint density at radius 3 is 2.68 bits per heavy atom. The Hall–Kier alpha value is -3.68. The topological polar surface area (TPSA) is 109 Å². The molecule has 0 spiro atoms. The van der Waals surface area contributed by atoms with E-state index in [1.54, 1.807) is 36.4 Å². The molecule has 2 aromatic carbocycles. The van der Waals surface area contributed by atoms with E-state index < -0.39 is 5.41 Å². The van der Waals surface area contributed by atoms with Crippen molar-refractivity contribution in [3.05, 3.63) is 69.9 Å². The number of benzene rings is 2. The second-order valence-corrected chi connectivity index (χ2v) is 7.27. The van der Waals surface area contributed by atoms with Crippen LogP contribution in [0, 0.1) is 6.92 Å². The van der Waals surface area contributed by atoms with Crippen LogP contribution in [0.5, 0.6) is 0 Å². The van der Waals surface area contributed by atoms with Crippen LogP contribution in [0.4, 0.5) is 11.4 Å². The molecule has 2 amide bonds. The SMILES string of the molecule is Cc1c(NC(=O)c2ccc3c(c2)NC(=O)C3(C)C)cccc1-n1cn[nH]c1=O. The maximum absolute atomic E-state index is 12.8. The summed E-state index contributed by atoms with van der Waals surface area (Å²) < 4.78 is 1.37. The van der Waals surface area contributed by atoms with Gasteiger partial charge in [-0.15, -0.1) is 0 Å². The smallest absolute Gasteiger partial charge is 0.325 e. The van der Waals surface area contributed by atoms with E-state index in [0.29, 0.717) is 22.6 Å². The van der Waals surface area contributed by atoms with Gasteiger partial charge < -0.3 is 10.6 Å². The predicted octanol–water partition coefficient (Wildman–Crippen LogP) is 2.35. The first-order chi connectivity index (χ1) is 13.3. The lowest BCUT2D eigenvalue weighted by Gasteiger charge is -2.15. The third kappa shape index (κ3) is 2.70. The molecule has 1 aliphatic heterocycles. The molecule has 0 saturated heterocycles. The number of carbonyl (C=O) groups excluding carboxylic acids is 2. The monoisotopic (exact) mass is 377 g/mol. The van der Waals surface area contributed by atoms with Crippen molar-refractivity contribution in [3.63, 3.8) is 0 Å². The maximum atomic E-state index is 12.8. The molecule has 0 radical (unpaired) electrons. The Kier molecular flexibility index (Phi) is 3.92. The second kappa shape index (κ2) is 6.19. The lowest BCUT2D eigenvalue weighted by Crippen LogP contribution is -2.26. The summed E-state index contributed by atoms with van der Waals surface area (Å²) in [5.74, 6) is -0.393. The molecule has 28 heavy (non-hydrogen) atoms. The quantitative estimate of drug-likeness (QED) is 0.651. The molecule has 1 aromatic heterocycles. The average Bonchev–Trinajstić information content (AvgIpc) is 3.17. The van der Waals surface area contributed by atoms with E-state index in [1.165, 1.54) is 10.9 Å². The maximum Gasteiger partial charge on any atom is 0.347 e. The van der Waals surface area contributed by atoms with E-state index in [2.05, 4.69) is 20.8 Å². The summed E-state index contributed by atoms with van der Waals surface area (Å²) in [5, 5.41) is 11.8. The van der Waals surface area contributed by atoms with E-state index in [4.69, 9.17) is 0 Å². The molecule has 4 rings (SSSR count). The van der Waals surface area contributed by atoms with Crippen molar-refractivity contribution >= 4 is 23.2 Å². The van der Waals surface area contributed by atoms with Crippen LogP contribution < -0.4 is 16.3 Å². The summed E-state index contributed by atoms with van der Waals surface area (Å²) in [7, 11) is 0. The number of nitrogens with one attached hydrogen (secondary N) is 3. The first-order valence-electron chi connectivity index (χ1n) is 8.78. The van der Waals surface area contributed by atoms with Gasteiger partial charge in [0, 0.05) is 16.9 Å². The molecule has 1 aliphatic rings. The van der Waals surface area contributed by atoms with Crippen LogP contribution in [-0.2, 0) is 10.2 Å². The van der Waals surface area contributed by atoms with E-state index in [0.717, 1.165) is 11.1 Å². The second-order valence-electron chi connectivity index (χ2n) is 7.27. The number of nitrogens with zero attached hydrogens (tertiary/aromatic N) is 2. The molecule has 3 N–H and O–H groups in total. The Bertz CT molecular complexity index is 1170. The fourth-order valence-corrected chi connectivity index (χ4v) is 3.37. The van der Waals surface area contributed by atoms with Crippen LogP contribution in [0.1, 0.15) is 35.3 Å². The summed E-state index contributed by atoms with van der Waals surface area (Å²) in [4.78, 5) is 36.7. The van der Waals surface area contributed by atoms with Gasteiger partial charge in [0.05, 0.1) is 11.1 Å². The fourth-order valence-electron chi connectivity index (χ4n) is 3.37. The molecule has 0 unspecified atom stereocenters. The molecular weight excluding hydrogens is 358 g/mol. The van der Waals surface area contributed by atoms with Crippen molar-refractivity contribution in [2.75, 3.05) is 10.6 Å². The lowest BCUT2D eigenvalue weighted by molar-refractivity contribution is -0.119. The first-order valence-corrected chi connectivity index (χ1v) is 8.78. The summed E-state index contributed by atoms with van der Waals surface area (Å²) in [6.07, 6.45) is 1.39. The number of rotatable bonds is 3. The number of hydrogen-bond acceptors (Lipinski definition) is 4. The number of aromatic nitrogens is 3. The summed E-state index contributed by atoms with van der Waals surface area (Å²) in [5.41, 5.74) is 2.91. The fraction of sp³-hybridized carbons (Fsp3) is 0.200. The Morgan fingerprint density at radius 1 is 1.18 bits per heavy atom. The van der Waals surface area contributed by atoms with E-state index in [1.807, 2.05) is 20.8 Å². The Labute approximate surface area is 160 Å². The Morgan fingerprint density at radius 2 is 1.96 bits per heavy atom. The molecule has 0 fully saturated rings. The number of anilines is 2. The zero-order valence-electron chi connectivity index (χ0n) is 15.7. The molecule has 0 atom stereocenters. The van der Waals surface area contributed by atoms with Gasteiger partial charge >= 0.3 is 5.69 Å². The van der Waals surface area contributed by atoms with Crippen LogP contribution in [0.3, 0.4) is 0 Å². The molecule has 2 heterocycles. The summed E-state index contributed by atoms with van der Waals surface area (Å²) in [6, 6.07) is 10.5. The molecule has 8 heteroatoms. The van der Waals surface area contributed by atoms with E-state index >= 15 is 0 Å². The standard InChI is InChI=1S/C20H19N5O3/c1-11-14(5-4-6-16(11)25-10-21-24-19(25)28)22-17(26)12-7-8-13-15(9-12)23-18(27)20(13,2)3/h4-10H,1-3H3,(H,22,26)(H,23,27)(H,24,28). The summed E-state index contributed by atoms with van der Waals surface area (Å²) >= 11 is 0. The highest BCUT2D eigenvalue weighted by atomic mass is 16.2. The van der Waals surface area contributed by atoms with Gasteiger partial charge in [0.25, 0.3) is 5.91 Å². The zero-order chi connectivity index (χ0) is 20.1. The number of hydrogen-bond donors (Lipinski definition) is 3. The highest BCUT2D eigenvalue weighted by Crippen LogP contribution is 2.37. The van der Waals surface area contributed by atoms with Crippen molar-refractivity contribution in [2.45, 2.75) is 26.2 Å². The molecule has 0 aliphatic carbocycles. The van der Waals surface area contributed by atoms with Crippen molar-refractivity contribution < 1.29 is 9.59 Å². The van der Waals surface area contributed by atoms with Crippen molar-refractivity contribution in [1.82, 2.24) is 14.8 Å². The van der Waals surface area contributed by atoms with Gasteiger partial charge in [-0.2, -0.15) is 5.10 Å². The van der Waals surface area contributed by atoms with Crippen molar-refractivity contribution in [3.8, 4) is 5.69 Å². The van der Waals surface area contributed by atoms with E-state index in [-0.39, 0.29) is 17.5 Å².